The fourth-order valence-corrected chi connectivity index (χ4v) is 3.93. The van der Waals surface area contributed by atoms with Gasteiger partial charge in [-0.25, -0.2) is 9.50 Å². The summed E-state index contributed by atoms with van der Waals surface area (Å²) in [5, 5.41) is 8.24. The molecule has 0 fully saturated rings. The average molecular weight is 299 g/mol. The van der Waals surface area contributed by atoms with Gasteiger partial charge in [-0.1, -0.05) is 31.3 Å². The van der Waals surface area contributed by atoms with Gasteiger partial charge in [0.1, 0.15) is 0 Å². The highest BCUT2D eigenvalue weighted by Crippen LogP contribution is 2.34. The van der Waals surface area contributed by atoms with Crippen LogP contribution in [0.25, 0.3) is 4.96 Å². The Labute approximate surface area is 127 Å². The largest absolute Gasteiger partial charge is 0.304 e. The highest BCUT2D eigenvalue weighted by Gasteiger charge is 2.28. The van der Waals surface area contributed by atoms with E-state index in [-0.39, 0.29) is 6.04 Å². The predicted octanol–water partition coefficient (Wildman–Crippen LogP) is 2.54. The number of rotatable bonds is 2. The summed E-state index contributed by atoms with van der Waals surface area (Å²) in [5.74, 6) is 1.29. The smallest absolute Gasteiger partial charge is 0.212 e. The van der Waals surface area contributed by atoms with Gasteiger partial charge >= 0.3 is 0 Å². The van der Waals surface area contributed by atoms with Crippen molar-refractivity contribution < 1.29 is 0 Å². The molecule has 108 valence electrons. The van der Waals surface area contributed by atoms with Crippen LogP contribution in [-0.4, -0.2) is 26.1 Å². The molecule has 0 amide bonds. The maximum Gasteiger partial charge on any atom is 0.212 e. The molecule has 0 saturated carbocycles. The van der Waals surface area contributed by atoms with Gasteiger partial charge in [0.15, 0.2) is 5.82 Å². The highest BCUT2D eigenvalue weighted by atomic mass is 32.1. The summed E-state index contributed by atoms with van der Waals surface area (Å²) < 4.78 is 2.03. The van der Waals surface area contributed by atoms with E-state index in [9.17, 15) is 0 Å². The molecule has 21 heavy (non-hydrogen) atoms. The molecule has 3 aromatic heterocycles. The van der Waals surface area contributed by atoms with E-state index in [1.54, 1.807) is 11.3 Å². The van der Waals surface area contributed by atoms with Crippen LogP contribution in [0.5, 0.6) is 0 Å². The average Bonchev–Trinajstić information content (AvgIpc) is 3.05. The first-order valence-corrected chi connectivity index (χ1v) is 8.08. The highest BCUT2D eigenvalue weighted by molar-refractivity contribution is 7.17. The molecule has 0 aromatic carbocycles. The van der Waals surface area contributed by atoms with Gasteiger partial charge in [-0.05, 0) is 12.1 Å². The van der Waals surface area contributed by atoms with Crippen molar-refractivity contribution >= 4 is 16.3 Å². The Morgan fingerprint density at radius 2 is 2.29 bits per heavy atom. The van der Waals surface area contributed by atoms with Crippen LogP contribution in [0.2, 0.25) is 0 Å². The second-order valence-electron chi connectivity index (χ2n) is 5.62. The van der Waals surface area contributed by atoms with E-state index in [1.165, 1.54) is 10.6 Å². The number of thiazole rings is 1. The van der Waals surface area contributed by atoms with E-state index < -0.39 is 0 Å². The van der Waals surface area contributed by atoms with Gasteiger partial charge in [0.05, 0.1) is 22.3 Å². The summed E-state index contributed by atoms with van der Waals surface area (Å²) in [6.45, 7) is 5.20. The quantitative estimate of drug-likeness (QED) is 0.790. The van der Waals surface area contributed by atoms with Gasteiger partial charge in [0, 0.05) is 25.1 Å². The number of nitrogens with zero attached hydrogens (tertiary/aromatic N) is 4. The van der Waals surface area contributed by atoms with Gasteiger partial charge < -0.3 is 5.32 Å². The second kappa shape index (κ2) is 4.89. The molecule has 4 rings (SSSR count). The molecule has 0 saturated heterocycles. The lowest BCUT2D eigenvalue weighted by molar-refractivity contribution is 0.550. The third-order valence-corrected chi connectivity index (χ3v) is 4.95. The predicted molar refractivity (Wildman–Crippen MR) is 82.7 cm³/mol. The summed E-state index contributed by atoms with van der Waals surface area (Å²) in [6, 6.07) is 6.21. The lowest BCUT2D eigenvalue weighted by atomic mass is 10.0. The fraction of sp³-hybridized carbons (Fsp3) is 0.400. The molecule has 0 radical (unpaired) electrons. The van der Waals surface area contributed by atoms with E-state index in [2.05, 4.69) is 40.3 Å². The van der Waals surface area contributed by atoms with E-state index >= 15 is 0 Å². The zero-order valence-corrected chi connectivity index (χ0v) is 12.9. The molecular weight excluding hydrogens is 282 g/mol. The van der Waals surface area contributed by atoms with Crippen LogP contribution >= 0.6 is 11.3 Å². The van der Waals surface area contributed by atoms with Crippen LogP contribution in [-0.2, 0) is 6.42 Å². The van der Waals surface area contributed by atoms with Gasteiger partial charge in [0.25, 0.3) is 0 Å². The van der Waals surface area contributed by atoms with Gasteiger partial charge in [0.2, 0.25) is 4.96 Å². The molecule has 3 aromatic rings. The third-order valence-electron chi connectivity index (χ3n) is 3.81. The topological polar surface area (TPSA) is 55.1 Å². The number of fused-ring (bicyclic) bond motifs is 3. The van der Waals surface area contributed by atoms with Gasteiger partial charge in [-0.15, -0.1) is 0 Å². The summed E-state index contributed by atoms with van der Waals surface area (Å²) in [7, 11) is 0. The fourth-order valence-electron chi connectivity index (χ4n) is 2.73. The number of hydrogen-bond donors (Lipinski definition) is 1. The van der Waals surface area contributed by atoms with Crippen LogP contribution in [0, 0.1) is 0 Å². The summed E-state index contributed by atoms with van der Waals surface area (Å²) in [5.41, 5.74) is 2.34. The van der Waals surface area contributed by atoms with Crippen molar-refractivity contribution in [2.45, 2.75) is 32.2 Å². The van der Waals surface area contributed by atoms with E-state index in [0.29, 0.717) is 5.92 Å². The number of aromatic nitrogens is 4. The van der Waals surface area contributed by atoms with Crippen molar-refractivity contribution in [1.29, 1.82) is 0 Å². The number of nitrogens with one attached hydrogen (secondary N) is 1. The molecule has 0 bridgehead atoms. The van der Waals surface area contributed by atoms with Gasteiger partial charge in [-0.3, -0.25) is 4.98 Å². The SMILES string of the molecule is CC(C)c1nc2sc3c(n2n1)CCNC3c1ccccn1. The molecule has 1 aliphatic rings. The van der Waals surface area contributed by atoms with Crippen LogP contribution in [0.3, 0.4) is 0 Å². The van der Waals surface area contributed by atoms with Crippen molar-refractivity contribution in [2.24, 2.45) is 0 Å². The first-order valence-electron chi connectivity index (χ1n) is 7.26. The molecule has 1 unspecified atom stereocenters. The van der Waals surface area contributed by atoms with E-state index in [0.717, 1.165) is 29.4 Å². The molecular formula is C15H17N5S. The molecule has 4 heterocycles. The van der Waals surface area contributed by atoms with Gasteiger partial charge in [-0.2, -0.15) is 5.10 Å². The molecule has 1 atom stereocenters. The molecule has 0 aliphatic carbocycles. The maximum atomic E-state index is 4.68. The Morgan fingerprint density at radius 1 is 1.38 bits per heavy atom. The zero-order chi connectivity index (χ0) is 14.4. The normalized spacial score (nSPS) is 18.3. The monoisotopic (exact) mass is 299 g/mol. The lowest BCUT2D eigenvalue weighted by Gasteiger charge is -2.22. The molecule has 1 aliphatic heterocycles. The first-order chi connectivity index (χ1) is 10.2. The Balaban J connectivity index is 1.83. The number of hydrogen-bond acceptors (Lipinski definition) is 5. The Hall–Kier alpha value is -1.79. The van der Waals surface area contributed by atoms with Crippen molar-refractivity contribution in [3.63, 3.8) is 0 Å². The second-order valence-corrected chi connectivity index (χ2v) is 6.63. The first kappa shape index (κ1) is 12.9. The van der Waals surface area contributed by atoms with Crippen LogP contribution in [0.4, 0.5) is 0 Å². The molecule has 6 heteroatoms. The summed E-state index contributed by atoms with van der Waals surface area (Å²) >= 11 is 1.73. The molecule has 0 spiro atoms. The minimum Gasteiger partial charge on any atom is -0.304 e. The molecule has 5 nitrogen and oxygen atoms in total. The lowest BCUT2D eigenvalue weighted by Crippen LogP contribution is -2.30. The van der Waals surface area contributed by atoms with Crippen LogP contribution < -0.4 is 5.32 Å². The number of pyridine rings is 1. The van der Waals surface area contributed by atoms with Crippen LogP contribution in [0.1, 0.15) is 47.9 Å². The molecule has 1 N–H and O–H groups in total. The van der Waals surface area contributed by atoms with Crippen LogP contribution in [0.15, 0.2) is 24.4 Å². The summed E-state index contributed by atoms with van der Waals surface area (Å²) in [6.07, 6.45) is 2.83. The van der Waals surface area contributed by atoms with Crippen molar-refractivity contribution in [3.8, 4) is 0 Å². The summed E-state index contributed by atoms with van der Waals surface area (Å²) in [4.78, 5) is 11.5. The van der Waals surface area contributed by atoms with Crippen molar-refractivity contribution in [1.82, 2.24) is 24.9 Å². The van der Waals surface area contributed by atoms with E-state index in [1.807, 2.05) is 22.8 Å². The standard InChI is InChI=1S/C15H17N5S/c1-9(2)14-18-15-20(19-14)11-6-8-17-12(13(11)21-15)10-5-3-4-7-16-10/h3-5,7,9,12,17H,6,8H2,1-2H3. The Bertz CT molecular complexity index is 774. The third kappa shape index (κ3) is 2.06. The van der Waals surface area contributed by atoms with Crippen molar-refractivity contribution in [3.05, 3.63) is 46.5 Å². The Morgan fingerprint density at radius 3 is 3.05 bits per heavy atom. The maximum absolute atomic E-state index is 4.68. The Kier molecular flexibility index (Phi) is 3.01. The van der Waals surface area contributed by atoms with Crippen molar-refractivity contribution in [2.75, 3.05) is 6.54 Å². The minimum atomic E-state index is 0.158. The zero-order valence-electron chi connectivity index (χ0n) is 12.1. The van der Waals surface area contributed by atoms with E-state index in [4.69, 9.17) is 0 Å². The minimum absolute atomic E-state index is 0.158.